The lowest BCUT2D eigenvalue weighted by Crippen LogP contribution is -2.36. The van der Waals surface area contributed by atoms with Crippen LogP contribution in [-0.4, -0.2) is 32.4 Å². The van der Waals surface area contributed by atoms with E-state index in [9.17, 15) is 13.2 Å². The maximum Gasteiger partial charge on any atom is 0.241 e. The average molecular weight is 317 g/mol. The molecule has 8 heteroatoms. The van der Waals surface area contributed by atoms with Crippen LogP contribution in [-0.2, 0) is 14.8 Å². The number of thioether (sulfide) groups is 1. The molecule has 1 amide bonds. The maximum atomic E-state index is 11.8. The van der Waals surface area contributed by atoms with Gasteiger partial charge in [0.25, 0.3) is 0 Å². The average Bonchev–Trinajstić information content (AvgIpc) is 2.36. The zero-order chi connectivity index (χ0) is 15.3. The number of anilines is 1. The molecule has 6 nitrogen and oxygen atoms in total. The van der Waals surface area contributed by atoms with Gasteiger partial charge in [0, 0.05) is 5.69 Å². The molecule has 0 saturated heterocycles. The van der Waals surface area contributed by atoms with Gasteiger partial charge in [-0.15, -0.1) is 0 Å². The lowest BCUT2D eigenvalue weighted by molar-refractivity contribution is -0.117. The fourth-order valence-electron chi connectivity index (χ4n) is 1.60. The number of rotatable bonds is 6. The molecule has 1 atom stereocenters. The van der Waals surface area contributed by atoms with E-state index >= 15 is 0 Å². The minimum absolute atomic E-state index is 0.00650. The van der Waals surface area contributed by atoms with Crippen LogP contribution < -0.4 is 16.2 Å². The minimum Gasteiger partial charge on any atom is -0.325 e. The Hall–Kier alpha value is -1.09. The van der Waals surface area contributed by atoms with Crippen molar-refractivity contribution < 1.29 is 13.2 Å². The summed E-state index contributed by atoms with van der Waals surface area (Å²) in [7, 11) is -3.81. The summed E-state index contributed by atoms with van der Waals surface area (Å²) in [6, 6.07) is 3.91. The Bertz CT molecular complexity index is 588. The van der Waals surface area contributed by atoms with Gasteiger partial charge in [-0.1, -0.05) is 6.07 Å². The van der Waals surface area contributed by atoms with Crippen LogP contribution in [0, 0.1) is 6.92 Å². The fourth-order valence-corrected chi connectivity index (χ4v) is 2.89. The zero-order valence-electron chi connectivity index (χ0n) is 11.4. The maximum absolute atomic E-state index is 11.8. The minimum atomic E-state index is -3.81. The second-order valence-corrected chi connectivity index (χ2v) is 6.92. The summed E-state index contributed by atoms with van der Waals surface area (Å²) in [6.45, 7) is 1.63. The Morgan fingerprint density at radius 3 is 2.65 bits per heavy atom. The molecule has 0 radical (unpaired) electrons. The third-order valence-electron chi connectivity index (χ3n) is 2.73. The molecule has 0 spiro atoms. The quantitative estimate of drug-likeness (QED) is 0.713. The number of sulfonamides is 1. The predicted molar refractivity (Wildman–Crippen MR) is 82.2 cm³/mol. The first-order chi connectivity index (χ1) is 9.25. The van der Waals surface area contributed by atoms with Crippen molar-refractivity contribution >= 4 is 33.4 Å². The smallest absolute Gasteiger partial charge is 0.241 e. The molecular weight excluding hydrogens is 298 g/mol. The fraction of sp³-hybridized carbons (Fsp3) is 0.417. The third kappa shape index (κ3) is 4.78. The van der Waals surface area contributed by atoms with Crippen LogP contribution in [0.5, 0.6) is 0 Å². The van der Waals surface area contributed by atoms with Crippen LogP contribution in [0.15, 0.2) is 23.1 Å². The monoisotopic (exact) mass is 317 g/mol. The first-order valence-electron chi connectivity index (χ1n) is 5.94. The number of carbonyl (C=O) groups is 1. The van der Waals surface area contributed by atoms with Crippen molar-refractivity contribution in [3.05, 3.63) is 23.8 Å². The second-order valence-electron chi connectivity index (χ2n) is 4.40. The van der Waals surface area contributed by atoms with Crippen molar-refractivity contribution in [1.29, 1.82) is 0 Å². The van der Waals surface area contributed by atoms with E-state index < -0.39 is 16.1 Å². The number of primary sulfonamides is 1. The van der Waals surface area contributed by atoms with Crippen molar-refractivity contribution in [1.82, 2.24) is 0 Å². The van der Waals surface area contributed by atoms with Gasteiger partial charge in [-0.25, -0.2) is 13.6 Å². The number of nitrogens with one attached hydrogen (secondary N) is 1. The summed E-state index contributed by atoms with van der Waals surface area (Å²) in [6.07, 6.45) is 2.49. The molecule has 1 aromatic rings. The third-order valence-corrected chi connectivity index (χ3v) is 4.43. The Morgan fingerprint density at radius 1 is 1.45 bits per heavy atom. The highest BCUT2D eigenvalue weighted by Crippen LogP contribution is 2.19. The molecule has 20 heavy (non-hydrogen) atoms. The Kier molecular flexibility index (Phi) is 6.00. The molecule has 0 aliphatic rings. The van der Waals surface area contributed by atoms with Gasteiger partial charge in [0.15, 0.2) is 0 Å². The number of nitrogens with two attached hydrogens (primary N) is 2. The Morgan fingerprint density at radius 2 is 2.10 bits per heavy atom. The summed E-state index contributed by atoms with van der Waals surface area (Å²) in [5.41, 5.74) is 6.63. The second kappa shape index (κ2) is 7.07. The first kappa shape index (κ1) is 17.0. The molecular formula is C12H19N3O3S2. The van der Waals surface area contributed by atoms with Gasteiger partial charge < -0.3 is 11.1 Å². The lowest BCUT2D eigenvalue weighted by Gasteiger charge is -2.13. The molecule has 5 N–H and O–H groups in total. The van der Waals surface area contributed by atoms with Gasteiger partial charge >= 0.3 is 0 Å². The summed E-state index contributed by atoms with van der Waals surface area (Å²) in [5, 5.41) is 7.71. The Balaban J connectivity index is 2.86. The molecule has 0 bridgehead atoms. The topological polar surface area (TPSA) is 115 Å². The molecule has 0 aliphatic heterocycles. The van der Waals surface area contributed by atoms with Gasteiger partial charge in [0.2, 0.25) is 15.9 Å². The van der Waals surface area contributed by atoms with E-state index in [1.165, 1.54) is 6.07 Å². The molecule has 0 aliphatic carbocycles. The van der Waals surface area contributed by atoms with Crippen molar-refractivity contribution in [2.24, 2.45) is 10.9 Å². The van der Waals surface area contributed by atoms with E-state index in [1.54, 1.807) is 30.8 Å². The molecule has 112 valence electrons. The van der Waals surface area contributed by atoms with Crippen molar-refractivity contribution in [2.75, 3.05) is 17.3 Å². The summed E-state index contributed by atoms with van der Waals surface area (Å²) >= 11 is 1.61. The number of hydrogen-bond donors (Lipinski definition) is 3. The van der Waals surface area contributed by atoms with E-state index in [0.717, 1.165) is 5.75 Å². The van der Waals surface area contributed by atoms with Gasteiger partial charge in [-0.3, -0.25) is 4.79 Å². The van der Waals surface area contributed by atoms with Gasteiger partial charge in [-0.05, 0) is 43.0 Å². The SMILES string of the molecule is CSCC[C@@H](N)C(=O)Nc1ccc(C)c(S(N)(=O)=O)c1. The highest BCUT2D eigenvalue weighted by molar-refractivity contribution is 7.98. The van der Waals surface area contributed by atoms with Crippen LogP contribution in [0.25, 0.3) is 0 Å². The van der Waals surface area contributed by atoms with Gasteiger partial charge in [0.1, 0.15) is 0 Å². The zero-order valence-corrected chi connectivity index (χ0v) is 13.1. The van der Waals surface area contributed by atoms with Crippen molar-refractivity contribution in [2.45, 2.75) is 24.3 Å². The Labute approximate surface area is 123 Å². The molecule has 1 rings (SSSR count). The molecule has 0 aromatic heterocycles. The van der Waals surface area contributed by atoms with E-state index in [0.29, 0.717) is 17.7 Å². The molecule has 0 saturated carbocycles. The van der Waals surface area contributed by atoms with Crippen molar-refractivity contribution in [3.63, 3.8) is 0 Å². The van der Waals surface area contributed by atoms with E-state index in [-0.39, 0.29) is 10.8 Å². The van der Waals surface area contributed by atoms with Crippen LogP contribution in [0.3, 0.4) is 0 Å². The number of hydrogen-bond acceptors (Lipinski definition) is 5. The summed E-state index contributed by atoms with van der Waals surface area (Å²) < 4.78 is 22.8. The number of benzene rings is 1. The van der Waals surface area contributed by atoms with Crippen LogP contribution in [0.4, 0.5) is 5.69 Å². The van der Waals surface area contributed by atoms with E-state index in [1.807, 2.05) is 6.26 Å². The normalized spacial score (nSPS) is 13.0. The number of amides is 1. The van der Waals surface area contributed by atoms with Crippen LogP contribution in [0.1, 0.15) is 12.0 Å². The molecule has 1 aromatic carbocycles. The lowest BCUT2D eigenvalue weighted by atomic mass is 10.2. The van der Waals surface area contributed by atoms with Crippen molar-refractivity contribution in [3.8, 4) is 0 Å². The molecule has 0 heterocycles. The van der Waals surface area contributed by atoms with Gasteiger partial charge in [-0.2, -0.15) is 11.8 Å². The predicted octanol–water partition coefficient (Wildman–Crippen LogP) is 0.661. The largest absolute Gasteiger partial charge is 0.325 e. The first-order valence-corrected chi connectivity index (χ1v) is 8.88. The standard InChI is InChI=1S/C12H19N3O3S2/c1-8-3-4-9(7-11(8)20(14,17)18)15-12(16)10(13)5-6-19-2/h3-4,7,10H,5-6,13H2,1-2H3,(H,15,16)(H2,14,17,18)/t10-/m1/s1. The van der Waals surface area contributed by atoms with Crippen LogP contribution in [0.2, 0.25) is 0 Å². The molecule has 0 unspecified atom stereocenters. The van der Waals surface area contributed by atoms with Gasteiger partial charge in [0.05, 0.1) is 10.9 Å². The molecule has 0 fully saturated rings. The highest BCUT2D eigenvalue weighted by Gasteiger charge is 2.16. The van der Waals surface area contributed by atoms with E-state index in [4.69, 9.17) is 10.9 Å². The van der Waals surface area contributed by atoms with E-state index in [2.05, 4.69) is 5.32 Å². The summed E-state index contributed by atoms with van der Waals surface area (Å²) in [5.74, 6) is 0.438. The van der Waals surface area contributed by atoms with Crippen LogP contribution >= 0.6 is 11.8 Å². The number of carbonyl (C=O) groups excluding carboxylic acids is 1. The number of aryl methyl sites for hydroxylation is 1. The summed E-state index contributed by atoms with van der Waals surface area (Å²) in [4.78, 5) is 11.8. The highest BCUT2D eigenvalue weighted by atomic mass is 32.2.